The number of amides is 3. The normalized spacial score (nSPS) is 14.7. The number of hydrogen-bond donors (Lipinski definition) is 1. The predicted molar refractivity (Wildman–Crippen MR) is 106 cm³/mol. The fraction of sp³-hybridized carbons (Fsp3) is 0.333. The molecule has 1 saturated heterocycles. The number of halogens is 1. The van der Waals surface area contributed by atoms with Gasteiger partial charge in [0.05, 0.1) is 18.8 Å². The molecular formula is C21H24FN3O3. The number of rotatable bonds is 5. The van der Waals surface area contributed by atoms with Crippen LogP contribution in [0.2, 0.25) is 0 Å². The standard InChI is InChI=1S/C21H24FN3O3/c1-14(16-7-4-5-8-19(16)28-3)24(2)21(27)23-15-10-11-17(22)18(13-15)25-12-6-9-20(25)26/h4-5,7-8,10-11,13-14H,6,9,12H2,1-3H3,(H,23,27)/t14-/m0/s1. The van der Waals surface area contributed by atoms with Crippen LogP contribution >= 0.6 is 0 Å². The van der Waals surface area contributed by atoms with Crippen molar-refractivity contribution < 1.29 is 18.7 Å². The lowest BCUT2D eigenvalue weighted by molar-refractivity contribution is -0.117. The third kappa shape index (κ3) is 3.93. The lowest BCUT2D eigenvalue weighted by atomic mass is 10.1. The van der Waals surface area contributed by atoms with Gasteiger partial charge < -0.3 is 19.9 Å². The van der Waals surface area contributed by atoms with Gasteiger partial charge >= 0.3 is 6.03 Å². The molecule has 1 N–H and O–H groups in total. The molecule has 0 unspecified atom stereocenters. The van der Waals surface area contributed by atoms with Gasteiger partial charge in [-0.3, -0.25) is 4.79 Å². The van der Waals surface area contributed by atoms with Crippen LogP contribution in [0.4, 0.5) is 20.6 Å². The van der Waals surface area contributed by atoms with E-state index >= 15 is 0 Å². The van der Waals surface area contributed by atoms with Gasteiger partial charge in [0.15, 0.2) is 0 Å². The zero-order valence-electron chi connectivity index (χ0n) is 16.2. The minimum atomic E-state index is -0.482. The third-order valence-corrected chi connectivity index (χ3v) is 5.05. The van der Waals surface area contributed by atoms with E-state index in [-0.39, 0.29) is 23.7 Å². The Morgan fingerprint density at radius 1 is 1.29 bits per heavy atom. The van der Waals surface area contributed by atoms with Crippen LogP contribution in [-0.2, 0) is 4.79 Å². The summed E-state index contributed by atoms with van der Waals surface area (Å²) in [7, 11) is 3.27. The molecule has 1 heterocycles. The molecule has 0 radical (unpaired) electrons. The van der Waals surface area contributed by atoms with Crippen LogP contribution in [0.1, 0.15) is 31.4 Å². The summed E-state index contributed by atoms with van der Waals surface area (Å²) in [6.07, 6.45) is 1.11. The number of ether oxygens (including phenoxy) is 1. The van der Waals surface area contributed by atoms with Crippen LogP contribution in [0, 0.1) is 5.82 Å². The van der Waals surface area contributed by atoms with Crippen molar-refractivity contribution in [3.63, 3.8) is 0 Å². The third-order valence-electron chi connectivity index (χ3n) is 5.05. The highest BCUT2D eigenvalue weighted by molar-refractivity contribution is 5.97. The van der Waals surface area contributed by atoms with Crippen molar-refractivity contribution in [3.8, 4) is 5.75 Å². The Morgan fingerprint density at radius 3 is 2.71 bits per heavy atom. The Morgan fingerprint density at radius 2 is 2.04 bits per heavy atom. The van der Waals surface area contributed by atoms with Crippen LogP contribution in [0.3, 0.4) is 0 Å². The molecule has 3 rings (SSSR count). The second kappa shape index (κ2) is 8.29. The Kier molecular flexibility index (Phi) is 5.82. The first-order chi connectivity index (χ1) is 13.4. The molecule has 7 heteroatoms. The van der Waals surface area contributed by atoms with E-state index in [1.807, 2.05) is 31.2 Å². The summed E-state index contributed by atoms with van der Waals surface area (Å²) < 4.78 is 19.6. The first-order valence-corrected chi connectivity index (χ1v) is 9.19. The molecule has 0 saturated carbocycles. The van der Waals surface area contributed by atoms with Crippen molar-refractivity contribution in [2.24, 2.45) is 0 Å². The van der Waals surface area contributed by atoms with Crippen LogP contribution in [0.15, 0.2) is 42.5 Å². The number of anilines is 2. The van der Waals surface area contributed by atoms with Crippen LogP contribution in [-0.4, -0.2) is 37.5 Å². The minimum absolute atomic E-state index is 0.107. The number of nitrogens with one attached hydrogen (secondary N) is 1. The van der Waals surface area contributed by atoms with Gasteiger partial charge in [-0.05, 0) is 37.6 Å². The highest BCUT2D eigenvalue weighted by atomic mass is 19.1. The molecule has 1 atom stereocenters. The number of urea groups is 1. The first-order valence-electron chi connectivity index (χ1n) is 9.19. The summed E-state index contributed by atoms with van der Waals surface area (Å²) in [6, 6.07) is 11.2. The molecule has 0 bridgehead atoms. The van der Waals surface area contributed by atoms with E-state index in [1.165, 1.54) is 23.1 Å². The topological polar surface area (TPSA) is 61.9 Å². The van der Waals surface area contributed by atoms with E-state index in [2.05, 4.69) is 5.32 Å². The van der Waals surface area contributed by atoms with E-state index in [0.717, 1.165) is 5.56 Å². The molecule has 0 aliphatic carbocycles. The highest BCUT2D eigenvalue weighted by Gasteiger charge is 2.25. The van der Waals surface area contributed by atoms with Gasteiger partial charge in [0.25, 0.3) is 0 Å². The van der Waals surface area contributed by atoms with Crippen molar-refractivity contribution in [2.75, 3.05) is 30.9 Å². The number of carbonyl (C=O) groups excluding carboxylic acids is 2. The predicted octanol–water partition coefficient (Wildman–Crippen LogP) is 4.19. The Labute approximate surface area is 163 Å². The molecule has 0 spiro atoms. The number of para-hydroxylation sites is 1. The quantitative estimate of drug-likeness (QED) is 0.840. The maximum absolute atomic E-state index is 14.2. The van der Waals surface area contributed by atoms with E-state index in [1.54, 1.807) is 19.1 Å². The summed E-state index contributed by atoms with van der Waals surface area (Å²) in [4.78, 5) is 27.6. The molecule has 3 amide bonds. The van der Waals surface area contributed by atoms with Crippen molar-refractivity contribution in [2.45, 2.75) is 25.8 Å². The van der Waals surface area contributed by atoms with Gasteiger partial charge in [0, 0.05) is 31.3 Å². The minimum Gasteiger partial charge on any atom is -0.496 e. The molecule has 28 heavy (non-hydrogen) atoms. The van der Waals surface area contributed by atoms with Crippen molar-refractivity contribution >= 4 is 23.3 Å². The Hall–Kier alpha value is -3.09. The average molecular weight is 385 g/mol. The number of nitrogens with zero attached hydrogens (tertiary/aromatic N) is 2. The van der Waals surface area contributed by atoms with Crippen LogP contribution in [0.5, 0.6) is 5.75 Å². The zero-order chi connectivity index (χ0) is 20.3. The number of carbonyl (C=O) groups is 2. The molecule has 2 aromatic rings. The SMILES string of the molecule is COc1ccccc1[C@H](C)N(C)C(=O)Nc1ccc(F)c(N2CCCC2=O)c1. The van der Waals surface area contributed by atoms with Gasteiger partial charge in [-0.2, -0.15) is 0 Å². The molecule has 2 aromatic carbocycles. The summed E-state index contributed by atoms with van der Waals surface area (Å²) in [5, 5.41) is 2.78. The van der Waals surface area contributed by atoms with Gasteiger partial charge in [0.2, 0.25) is 5.91 Å². The second-order valence-electron chi connectivity index (χ2n) is 6.77. The van der Waals surface area contributed by atoms with Crippen LogP contribution < -0.4 is 15.0 Å². The van der Waals surface area contributed by atoms with Crippen LogP contribution in [0.25, 0.3) is 0 Å². The fourth-order valence-corrected chi connectivity index (χ4v) is 3.31. The number of benzene rings is 2. The summed E-state index contributed by atoms with van der Waals surface area (Å²) >= 11 is 0. The second-order valence-corrected chi connectivity index (χ2v) is 6.77. The zero-order valence-corrected chi connectivity index (χ0v) is 16.2. The van der Waals surface area contributed by atoms with Gasteiger partial charge in [-0.25, -0.2) is 9.18 Å². The van der Waals surface area contributed by atoms with E-state index in [9.17, 15) is 14.0 Å². The maximum Gasteiger partial charge on any atom is 0.322 e. The molecular weight excluding hydrogens is 361 g/mol. The van der Waals surface area contributed by atoms with Crippen molar-refractivity contribution in [1.29, 1.82) is 0 Å². The number of hydrogen-bond acceptors (Lipinski definition) is 3. The average Bonchev–Trinajstić information content (AvgIpc) is 3.13. The summed E-state index contributed by atoms with van der Waals surface area (Å²) in [5.74, 6) is 0.111. The van der Waals surface area contributed by atoms with Gasteiger partial charge in [-0.1, -0.05) is 18.2 Å². The molecule has 1 aliphatic rings. The maximum atomic E-state index is 14.2. The van der Waals surface area contributed by atoms with Crippen molar-refractivity contribution in [1.82, 2.24) is 4.90 Å². The van der Waals surface area contributed by atoms with Crippen molar-refractivity contribution in [3.05, 3.63) is 53.8 Å². The van der Waals surface area contributed by atoms with Gasteiger partial charge in [0.1, 0.15) is 11.6 Å². The van der Waals surface area contributed by atoms with Gasteiger partial charge in [-0.15, -0.1) is 0 Å². The summed E-state index contributed by atoms with van der Waals surface area (Å²) in [5.41, 5.74) is 1.51. The molecule has 0 aromatic heterocycles. The highest BCUT2D eigenvalue weighted by Crippen LogP contribution is 2.30. The first kappa shape index (κ1) is 19.7. The molecule has 6 nitrogen and oxygen atoms in total. The summed E-state index contributed by atoms with van der Waals surface area (Å²) in [6.45, 7) is 2.38. The monoisotopic (exact) mass is 385 g/mol. The smallest absolute Gasteiger partial charge is 0.322 e. The Balaban J connectivity index is 1.76. The van der Waals surface area contributed by atoms with E-state index in [0.29, 0.717) is 30.8 Å². The molecule has 1 aliphatic heterocycles. The molecule has 1 fully saturated rings. The van der Waals surface area contributed by atoms with E-state index < -0.39 is 5.82 Å². The Bertz CT molecular complexity index is 887. The lowest BCUT2D eigenvalue weighted by Crippen LogP contribution is -2.34. The molecule has 148 valence electrons. The van der Waals surface area contributed by atoms with E-state index in [4.69, 9.17) is 4.74 Å². The lowest BCUT2D eigenvalue weighted by Gasteiger charge is -2.27. The number of methoxy groups -OCH3 is 1. The largest absolute Gasteiger partial charge is 0.496 e. The fourth-order valence-electron chi connectivity index (χ4n) is 3.31.